The average molecular weight is 337 g/mol. The Bertz CT molecular complexity index is 167. The Morgan fingerprint density at radius 1 is 0.875 bits per heavy atom. The van der Waals surface area contributed by atoms with E-state index in [0.29, 0.717) is 0 Å². The van der Waals surface area contributed by atoms with Crippen molar-refractivity contribution in [2.24, 2.45) is 11.5 Å². The van der Waals surface area contributed by atoms with Crippen molar-refractivity contribution in [2.45, 2.75) is 50.5 Å². The first-order chi connectivity index (χ1) is 5.56. The van der Waals surface area contributed by atoms with E-state index in [1.165, 1.54) is 0 Å². The van der Waals surface area contributed by atoms with Gasteiger partial charge in [-0.05, 0) is 13.0 Å². The molecule has 0 bridgehead atoms. The summed E-state index contributed by atoms with van der Waals surface area (Å²) >= 11 is 0. The summed E-state index contributed by atoms with van der Waals surface area (Å²) in [6.07, 6.45) is 0.998. The third kappa shape index (κ3) is 6.00. The minimum Gasteiger partial charge on any atom is -1.00 e. The molecular formula is C9H26Cl2N2Si2Ti. The van der Waals surface area contributed by atoms with Crippen molar-refractivity contribution in [3.63, 3.8) is 0 Å². The van der Waals surface area contributed by atoms with Crippen LogP contribution in [0, 0.1) is 0 Å². The Labute approximate surface area is 130 Å². The van der Waals surface area contributed by atoms with E-state index in [0.717, 1.165) is 13.0 Å². The molecule has 4 N–H and O–H groups in total. The van der Waals surface area contributed by atoms with E-state index in [2.05, 4.69) is 39.3 Å². The molecule has 0 aliphatic heterocycles. The first-order valence-electron chi connectivity index (χ1n) is 5.05. The fourth-order valence-corrected chi connectivity index (χ4v) is 12.9. The first-order valence-corrected chi connectivity index (χ1v) is 12.1. The van der Waals surface area contributed by atoms with Gasteiger partial charge in [0.05, 0.1) is 16.1 Å². The van der Waals surface area contributed by atoms with Crippen LogP contribution < -0.4 is 36.3 Å². The Kier molecular flexibility index (Phi) is 14.3. The van der Waals surface area contributed by atoms with Crippen molar-refractivity contribution >= 4 is 16.1 Å². The molecule has 0 aromatic carbocycles. The van der Waals surface area contributed by atoms with Crippen LogP contribution >= 0.6 is 0 Å². The molecule has 0 amide bonds. The number of rotatable bonds is 4. The molecule has 0 aliphatic carbocycles. The van der Waals surface area contributed by atoms with Gasteiger partial charge in [-0.1, -0.05) is 39.3 Å². The summed E-state index contributed by atoms with van der Waals surface area (Å²) in [5.41, 5.74) is 12.3. The molecule has 0 heterocycles. The van der Waals surface area contributed by atoms with Crippen LogP contribution in [0.4, 0.5) is 0 Å². The maximum atomic E-state index is 6.61. The SMILES string of the molecule is C[Si](C)(C)C(N)(CCN)[Si](C)(C)C.[Cl-].[Cl-].[Ti+2]. The molecule has 0 saturated heterocycles. The third-order valence-corrected chi connectivity index (χ3v) is 13.6. The van der Waals surface area contributed by atoms with Crippen LogP contribution in [-0.4, -0.2) is 27.5 Å². The van der Waals surface area contributed by atoms with E-state index in [9.17, 15) is 0 Å². The molecule has 0 radical (unpaired) electrons. The minimum absolute atomic E-state index is 0. The number of hydrogen-bond donors (Lipinski definition) is 2. The first kappa shape index (κ1) is 26.3. The van der Waals surface area contributed by atoms with Crippen molar-refractivity contribution < 1.29 is 46.5 Å². The van der Waals surface area contributed by atoms with Crippen LogP contribution in [0.2, 0.25) is 39.3 Å². The molecule has 0 fully saturated rings. The number of nitrogens with two attached hydrogens (primary N) is 2. The molecule has 0 saturated carbocycles. The molecule has 2 nitrogen and oxygen atoms in total. The van der Waals surface area contributed by atoms with Gasteiger partial charge in [-0.2, -0.15) is 0 Å². The van der Waals surface area contributed by atoms with E-state index in [-0.39, 0.29) is 51.3 Å². The van der Waals surface area contributed by atoms with Crippen LogP contribution in [0.5, 0.6) is 0 Å². The number of halogens is 2. The van der Waals surface area contributed by atoms with E-state index in [1.807, 2.05) is 0 Å². The summed E-state index contributed by atoms with van der Waals surface area (Å²) in [4.78, 5) is 0.0781. The van der Waals surface area contributed by atoms with Crippen LogP contribution in [0.25, 0.3) is 0 Å². The van der Waals surface area contributed by atoms with Crippen LogP contribution in [0.3, 0.4) is 0 Å². The van der Waals surface area contributed by atoms with E-state index >= 15 is 0 Å². The van der Waals surface area contributed by atoms with Crippen molar-refractivity contribution in [2.75, 3.05) is 6.54 Å². The number of hydrogen-bond acceptors (Lipinski definition) is 2. The topological polar surface area (TPSA) is 52.0 Å². The predicted molar refractivity (Wildman–Crippen MR) is 67.3 cm³/mol. The maximum Gasteiger partial charge on any atom is 2.00 e. The van der Waals surface area contributed by atoms with Gasteiger partial charge < -0.3 is 36.3 Å². The molecular weight excluding hydrogens is 311 g/mol. The van der Waals surface area contributed by atoms with Crippen molar-refractivity contribution in [3.8, 4) is 0 Å². The van der Waals surface area contributed by atoms with Crippen molar-refractivity contribution in [3.05, 3.63) is 0 Å². The van der Waals surface area contributed by atoms with Crippen LogP contribution in [-0.2, 0) is 21.7 Å². The summed E-state index contributed by atoms with van der Waals surface area (Å²) in [7, 11) is -2.62. The molecule has 98 valence electrons. The van der Waals surface area contributed by atoms with Gasteiger partial charge in [-0.15, -0.1) is 0 Å². The summed E-state index contributed by atoms with van der Waals surface area (Å²) in [5, 5.41) is 0. The van der Waals surface area contributed by atoms with Crippen molar-refractivity contribution in [1.82, 2.24) is 0 Å². The fraction of sp³-hybridized carbons (Fsp3) is 1.00. The second-order valence-corrected chi connectivity index (χ2v) is 17.3. The van der Waals surface area contributed by atoms with Gasteiger partial charge >= 0.3 is 21.7 Å². The standard InChI is InChI=1S/C9H26N2Si2.2ClH.Ti/c1-12(2,3)9(11,7-8-10)13(4,5)6;;;/h7-8,10-11H2,1-6H3;2*1H;/q;;;+2/p-2. The quantitative estimate of drug-likeness (QED) is 0.511. The van der Waals surface area contributed by atoms with Gasteiger partial charge in [0.25, 0.3) is 0 Å². The second-order valence-electron chi connectivity index (χ2n) is 6.01. The third-order valence-electron chi connectivity index (χ3n) is 3.22. The predicted octanol–water partition coefficient (Wildman–Crippen LogP) is -4.21. The maximum absolute atomic E-state index is 6.61. The van der Waals surface area contributed by atoms with Crippen LogP contribution in [0.1, 0.15) is 6.42 Å². The Balaban J connectivity index is -0.000000240. The van der Waals surface area contributed by atoms with E-state index in [4.69, 9.17) is 11.5 Å². The molecule has 0 aromatic rings. The molecule has 7 heteroatoms. The van der Waals surface area contributed by atoms with Gasteiger partial charge in [-0.25, -0.2) is 0 Å². The zero-order valence-corrected chi connectivity index (χ0v) is 16.4. The van der Waals surface area contributed by atoms with E-state index in [1.54, 1.807) is 0 Å². The normalized spacial score (nSPS) is 12.0. The van der Waals surface area contributed by atoms with Gasteiger partial charge in [0, 0.05) is 4.79 Å². The smallest absolute Gasteiger partial charge is 1.00 e. The fourth-order valence-electron chi connectivity index (χ4n) is 2.10. The van der Waals surface area contributed by atoms with Gasteiger partial charge in [0.1, 0.15) is 0 Å². The zero-order chi connectivity index (χ0) is 10.9. The largest absolute Gasteiger partial charge is 2.00 e. The summed E-state index contributed by atoms with van der Waals surface area (Å²) in [6.45, 7) is 14.9. The summed E-state index contributed by atoms with van der Waals surface area (Å²) in [6, 6.07) is 0. The molecule has 16 heavy (non-hydrogen) atoms. The monoisotopic (exact) mass is 336 g/mol. The molecule has 0 rings (SSSR count). The second kappa shape index (κ2) is 8.70. The summed E-state index contributed by atoms with van der Waals surface area (Å²) in [5.74, 6) is 0. The van der Waals surface area contributed by atoms with Gasteiger partial charge in [-0.3, -0.25) is 0 Å². The van der Waals surface area contributed by atoms with Crippen LogP contribution in [0.15, 0.2) is 0 Å². The zero-order valence-electron chi connectivity index (χ0n) is 11.3. The minimum atomic E-state index is -1.31. The Morgan fingerprint density at radius 2 is 1.12 bits per heavy atom. The molecule has 0 spiro atoms. The van der Waals surface area contributed by atoms with Crippen molar-refractivity contribution in [1.29, 1.82) is 0 Å². The molecule has 0 unspecified atom stereocenters. The average Bonchev–Trinajstić information content (AvgIpc) is 1.82. The Hall–Kier alpha value is 1.65. The Morgan fingerprint density at radius 3 is 1.19 bits per heavy atom. The summed E-state index contributed by atoms with van der Waals surface area (Å²) < 4.78 is 0. The molecule has 0 aromatic heterocycles. The van der Waals surface area contributed by atoms with Gasteiger partial charge in [0.15, 0.2) is 0 Å². The molecule has 0 aliphatic rings. The van der Waals surface area contributed by atoms with Gasteiger partial charge in [0.2, 0.25) is 0 Å². The molecule has 0 atom stereocenters. The van der Waals surface area contributed by atoms with E-state index < -0.39 is 16.1 Å².